The highest BCUT2D eigenvalue weighted by Crippen LogP contribution is 2.57. The van der Waals surface area contributed by atoms with E-state index < -0.39 is 6.10 Å². The first kappa shape index (κ1) is 20.2. The lowest BCUT2D eigenvalue weighted by atomic mass is 9.64. The molecule has 0 saturated heterocycles. The number of benzene rings is 1. The maximum absolute atomic E-state index is 12.8. The SMILES string of the molecule is CC(C)C1=C2C3=CC=C(C(=O)NCc4ccccc4)CC(O)C3CCC2(C)CC1. The highest BCUT2D eigenvalue weighted by atomic mass is 16.3. The Balaban J connectivity index is 1.60. The Morgan fingerprint density at radius 2 is 1.97 bits per heavy atom. The van der Waals surface area contributed by atoms with Gasteiger partial charge in [0.05, 0.1) is 6.10 Å². The Morgan fingerprint density at radius 1 is 1.21 bits per heavy atom. The number of rotatable bonds is 4. The van der Waals surface area contributed by atoms with Crippen molar-refractivity contribution in [3.63, 3.8) is 0 Å². The summed E-state index contributed by atoms with van der Waals surface area (Å²) in [6.07, 6.45) is 8.56. The molecule has 3 unspecified atom stereocenters. The lowest BCUT2D eigenvalue weighted by Gasteiger charge is -2.41. The van der Waals surface area contributed by atoms with Gasteiger partial charge in [0.25, 0.3) is 0 Å². The number of allylic oxidation sites excluding steroid dienone is 4. The summed E-state index contributed by atoms with van der Waals surface area (Å²) in [5, 5.41) is 14.1. The van der Waals surface area contributed by atoms with Crippen LogP contribution >= 0.6 is 0 Å². The van der Waals surface area contributed by atoms with Gasteiger partial charge >= 0.3 is 0 Å². The topological polar surface area (TPSA) is 49.3 Å². The molecule has 0 bridgehead atoms. The number of amides is 1. The van der Waals surface area contributed by atoms with Gasteiger partial charge in [-0.15, -0.1) is 0 Å². The molecule has 1 aromatic carbocycles. The van der Waals surface area contributed by atoms with Crippen molar-refractivity contribution in [1.82, 2.24) is 5.32 Å². The van der Waals surface area contributed by atoms with Crippen LogP contribution in [0.25, 0.3) is 0 Å². The summed E-state index contributed by atoms with van der Waals surface area (Å²) in [6.45, 7) is 7.46. The maximum Gasteiger partial charge on any atom is 0.247 e. The van der Waals surface area contributed by atoms with E-state index in [9.17, 15) is 9.90 Å². The number of carbonyl (C=O) groups excluding carboxylic acids is 1. The quantitative estimate of drug-likeness (QED) is 0.752. The van der Waals surface area contributed by atoms with Crippen molar-refractivity contribution in [1.29, 1.82) is 0 Å². The number of aliphatic hydroxyl groups excluding tert-OH is 1. The number of fused-ring (bicyclic) bond motifs is 3. The van der Waals surface area contributed by atoms with Crippen molar-refractivity contribution in [2.45, 2.75) is 65.5 Å². The molecule has 3 aliphatic rings. The van der Waals surface area contributed by atoms with Crippen molar-refractivity contribution in [2.75, 3.05) is 0 Å². The molecule has 1 amide bonds. The van der Waals surface area contributed by atoms with Gasteiger partial charge < -0.3 is 10.4 Å². The van der Waals surface area contributed by atoms with E-state index in [0.29, 0.717) is 24.5 Å². The van der Waals surface area contributed by atoms with Gasteiger partial charge in [-0.1, -0.05) is 68.8 Å². The molecule has 1 fully saturated rings. The van der Waals surface area contributed by atoms with Crippen molar-refractivity contribution in [2.24, 2.45) is 17.3 Å². The van der Waals surface area contributed by atoms with Crippen molar-refractivity contribution in [3.05, 3.63) is 70.3 Å². The summed E-state index contributed by atoms with van der Waals surface area (Å²) in [4.78, 5) is 12.8. The largest absolute Gasteiger partial charge is 0.392 e. The van der Waals surface area contributed by atoms with Gasteiger partial charge in [0.1, 0.15) is 0 Å². The predicted molar refractivity (Wildman–Crippen MR) is 117 cm³/mol. The molecule has 2 N–H and O–H groups in total. The summed E-state index contributed by atoms with van der Waals surface area (Å²) in [7, 11) is 0. The zero-order chi connectivity index (χ0) is 20.6. The van der Waals surface area contributed by atoms with Gasteiger partial charge in [-0.3, -0.25) is 4.79 Å². The van der Waals surface area contributed by atoms with E-state index in [2.05, 4.69) is 32.2 Å². The Bertz CT molecular complexity index is 877. The molecule has 3 atom stereocenters. The molecule has 0 radical (unpaired) electrons. The first-order valence-corrected chi connectivity index (χ1v) is 11.0. The highest BCUT2D eigenvalue weighted by molar-refractivity contribution is 5.94. The van der Waals surface area contributed by atoms with E-state index in [0.717, 1.165) is 24.8 Å². The summed E-state index contributed by atoms with van der Waals surface area (Å²) in [6, 6.07) is 9.94. The molecule has 154 valence electrons. The Labute approximate surface area is 174 Å². The van der Waals surface area contributed by atoms with Crippen LogP contribution in [0.2, 0.25) is 0 Å². The van der Waals surface area contributed by atoms with Crippen LogP contribution < -0.4 is 5.32 Å². The second-order valence-electron chi connectivity index (χ2n) is 9.51. The minimum Gasteiger partial charge on any atom is -0.392 e. The number of hydrogen-bond donors (Lipinski definition) is 2. The van der Waals surface area contributed by atoms with Crippen LogP contribution in [0, 0.1) is 17.3 Å². The predicted octanol–water partition coefficient (Wildman–Crippen LogP) is 5.08. The summed E-state index contributed by atoms with van der Waals surface area (Å²) in [5.41, 5.74) is 6.33. The molecule has 0 aliphatic heterocycles. The average Bonchev–Trinajstić information content (AvgIpc) is 2.98. The molecular formula is C26H33NO2. The van der Waals surface area contributed by atoms with E-state index in [1.54, 1.807) is 5.57 Å². The fourth-order valence-electron chi connectivity index (χ4n) is 5.52. The van der Waals surface area contributed by atoms with Crippen LogP contribution in [-0.2, 0) is 11.3 Å². The Kier molecular flexibility index (Phi) is 5.52. The summed E-state index contributed by atoms with van der Waals surface area (Å²) >= 11 is 0. The third-order valence-corrected chi connectivity index (χ3v) is 7.21. The van der Waals surface area contributed by atoms with Crippen LogP contribution in [0.3, 0.4) is 0 Å². The van der Waals surface area contributed by atoms with Crippen LogP contribution in [0.5, 0.6) is 0 Å². The van der Waals surface area contributed by atoms with E-state index in [1.807, 2.05) is 36.4 Å². The Morgan fingerprint density at radius 3 is 2.69 bits per heavy atom. The molecule has 1 saturated carbocycles. The van der Waals surface area contributed by atoms with Gasteiger partial charge in [0.2, 0.25) is 5.91 Å². The number of aliphatic hydroxyl groups is 1. The zero-order valence-corrected chi connectivity index (χ0v) is 17.9. The standard InChI is InChI=1S/C26H33NO2/c1-17(2)20-11-13-26(3)14-12-21-22(24(20)26)10-9-19(15-23(21)28)25(29)27-16-18-7-5-4-6-8-18/h4-10,17,21,23,28H,11-16H2,1-3H3,(H,27,29). The highest BCUT2D eigenvalue weighted by Gasteiger charge is 2.46. The Hall–Kier alpha value is -2.13. The van der Waals surface area contributed by atoms with E-state index in [4.69, 9.17) is 0 Å². The van der Waals surface area contributed by atoms with Crippen molar-refractivity contribution < 1.29 is 9.90 Å². The van der Waals surface area contributed by atoms with Gasteiger partial charge in [0.15, 0.2) is 0 Å². The van der Waals surface area contributed by atoms with Crippen LogP contribution in [-0.4, -0.2) is 17.1 Å². The number of nitrogens with one attached hydrogen (secondary N) is 1. The second kappa shape index (κ2) is 7.95. The number of carbonyl (C=O) groups is 1. The molecule has 1 aromatic rings. The maximum atomic E-state index is 12.8. The monoisotopic (exact) mass is 391 g/mol. The normalized spacial score (nSPS) is 29.0. The van der Waals surface area contributed by atoms with E-state index >= 15 is 0 Å². The van der Waals surface area contributed by atoms with E-state index in [-0.39, 0.29) is 17.2 Å². The molecule has 0 heterocycles. The number of hydrogen-bond acceptors (Lipinski definition) is 2. The molecule has 0 spiro atoms. The van der Waals surface area contributed by atoms with Crippen LogP contribution in [0.15, 0.2) is 64.8 Å². The summed E-state index contributed by atoms with van der Waals surface area (Å²) in [5.74, 6) is 0.598. The summed E-state index contributed by atoms with van der Waals surface area (Å²) < 4.78 is 0. The first-order valence-electron chi connectivity index (χ1n) is 11.0. The fourth-order valence-corrected chi connectivity index (χ4v) is 5.52. The van der Waals surface area contributed by atoms with Crippen molar-refractivity contribution in [3.8, 4) is 0 Å². The minimum absolute atomic E-state index is 0.0735. The molecule has 3 aliphatic carbocycles. The molecule has 3 heteroatoms. The minimum atomic E-state index is -0.497. The van der Waals surface area contributed by atoms with Crippen LogP contribution in [0.1, 0.15) is 58.4 Å². The third kappa shape index (κ3) is 3.85. The first-order chi connectivity index (χ1) is 13.9. The molecule has 0 aromatic heterocycles. The zero-order valence-electron chi connectivity index (χ0n) is 17.9. The van der Waals surface area contributed by atoms with E-state index in [1.165, 1.54) is 17.6 Å². The van der Waals surface area contributed by atoms with Gasteiger partial charge in [-0.05, 0) is 53.7 Å². The van der Waals surface area contributed by atoms with Gasteiger partial charge in [-0.2, -0.15) is 0 Å². The van der Waals surface area contributed by atoms with Crippen molar-refractivity contribution >= 4 is 5.91 Å². The molecule has 3 nitrogen and oxygen atoms in total. The molecular weight excluding hydrogens is 358 g/mol. The third-order valence-electron chi connectivity index (χ3n) is 7.21. The fraction of sp³-hybridized carbons (Fsp3) is 0.500. The lowest BCUT2D eigenvalue weighted by molar-refractivity contribution is -0.118. The smallest absolute Gasteiger partial charge is 0.247 e. The average molecular weight is 392 g/mol. The van der Waals surface area contributed by atoms with Crippen LogP contribution in [0.4, 0.5) is 0 Å². The lowest BCUT2D eigenvalue weighted by Crippen LogP contribution is -2.34. The molecule has 29 heavy (non-hydrogen) atoms. The second-order valence-corrected chi connectivity index (χ2v) is 9.51. The van der Waals surface area contributed by atoms with Gasteiger partial charge in [-0.25, -0.2) is 0 Å². The molecule has 4 rings (SSSR count). The van der Waals surface area contributed by atoms with Gasteiger partial charge in [0, 0.05) is 24.5 Å².